The molecule has 1 aliphatic rings. The van der Waals surface area contributed by atoms with E-state index in [1.54, 1.807) is 17.0 Å². The van der Waals surface area contributed by atoms with Crippen molar-refractivity contribution in [3.63, 3.8) is 0 Å². The summed E-state index contributed by atoms with van der Waals surface area (Å²) in [6.07, 6.45) is 0.279. The van der Waals surface area contributed by atoms with Crippen molar-refractivity contribution in [3.05, 3.63) is 59.1 Å². The van der Waals surface area contributed by atoms with E-state index in [-0.39, 0.29) is 24.4 Å². The number of halogens is 1. The maximum Gasteiger partial charge on any atom is 0.315 e. The lowest BCUT2D eigenvalue weighted by Gasteiger charge is -2.18. The molecule has 0 aliphatic carbocycles. The molecule has 1 fully saturated rings. The minimum atomic E-state index is -0.295. The van der Waals surface area contributed by atoms with Crippen molar-refractivity contribution in [3.8, 4) is 5.75 Å². The molecule has 0 saturated carbocycles. The number of hydrogen-bond donors (Lipinski definition) is 2. The zero-order valence-electron chi connectivity index (χ0n) is 15.1. The van der Waals surface area contributed by atoms with Crippen LogP contribution in [0.25, 0.3) is 0 Å². The van der Waals surface area contributed by atoms with E-state index in [1.165, 1.54) is 0 Å². The number of hydrogen-bond acceptors (Lipinski definition) is 3. The van der Waals surface area contributed by atoms with E-state index in [0.717, 1.165) is 17.0 Å². The van der Waals surface area contributed by atoms with Crippen LogP contribution in [-0.4, -0.2) is 31.1 Å². The molecule has 1 aliphatic heterocycles. The fraction of sp³-hybridized carbons (Fsp3) is 0.300. The van der Waals surface area contributed by atoms with Gasteiger partial charge in [0.2, 0.25) is 5.91 Å². The Morgan fingerprint density at radius 2 is 1.89 bits per heavy atom. The van der Waals surface area contributed by atoms with Gasteiger partial charge in [-0.2, -0.15) is 0 Å². The molecule has 1 unspecified atom stereocenters. The van der Waals surface area contributed by atoms with Gasteiger partial charge in [-0.1, -0.05) is 23.7 Å². The fourth-order valence-electron chi connectivity index (χ4n) is 2.96. The second kappa shape index (κ2) is 8.77. The number of anilines is 1. The quantitative estimate of drug-likeness (QED) is 0.798. The van der Waals surface area contributed by atoms with Crippen LogP contribution < -0.4 is 20.3 Å². The third-order valence-corrected chi connectivity index (χ3v) is 4.54. The molecule has 0 radical (unpaired) electrons. The predicted octanol–water partition coefficient (Wildman–Crippen LogP) is 3.34. The summed E-state index contributed by atoms with van der Waals surface area (Å²) in [7, 11) is 0. The summed E-state index contributed by atoms with van der Waals surface area (Å²) < 4.78 is 5.42. The molecule has 2 aromatic carbocycles. The van der Waals surface area contributed by atoms with Crippen LogP contribution in [0.3, 0.4) is 0 Å². The van der Waals surface area contributed by atoms with Crippen LogP contribution in [0.15, 0.2) is 48.5 Å². The average molecular weight is 388 g/mol. The van der Waals surface area contributed by atoms with E-state index in [0.29, 0.717) is 24.7 Å². The van der Waals surface area contributed by atoms with Gasteiger partial charge in [0.05, 0.1) is 12.6 Å². The van der Waals surface area contributed by atoms with E-state index >= 15 is 0 Å². The van der Waals surface area contributed by atoms with E-state index in [1.807, 2.05) is 43.3 Å². The van der Waals surface area contributed by atoms with Crippen molar-refractivity contribution < 1.29 is 14.3 Å². The van der Waals surface area contributed by atoms with Gasteiger partial charge in [-0.25, -0.2) is 4.79 Å². The molecule has 1 atom stereocenters. The van der Waals surface area contributed by atoms with E-state index < -0.39 is 0 Å². The molecule has 2 N–H and O–H groups in total. The fourth-order valence-corrected chi connectivity index (χ4v) is 3.09. The molecule has 142 valence electrons. The second-order valence-electron chi connectivity index (χ2n) is 6.29. The minimum Gasteiger partial charge on any atom is -0.494 e. The van der Waals surface area contributed by atoms with Gasteiger partial charge in [0.25, 0.3) is 0 Å². The molecule has 0 aromatic heterocycles. The first kappa shape index (κ1) is 19.0. The van der Waals surface area contributed by atoms with Gasteiger partial charge in [0, 0.05) is 30.2 Å². The van der Waals surface area contributed by atoms with Crippen molar-refractivity contribution >= 4 is 29.2 Å². The number of benzene rings is 2. The highest BCUT2D eigenvalue weighted by Gasteiger charge is 2.31. The summed E-state index contributed by atoms with van der Waals surface area (Å²) in [5.74, 6) is 0.756. The Balaban J connectivity index is 1.50. The molecular formula is C20H22ClN3O3. The average Bonchev–Trinajstić information content (AvgIpc) is 3.02. The second-order valence-corrected chi connectivity index (χ2v) is 6.72. The number of amides is 3. The molecule has 3 amide bonds. The highest BCUT2D eigenvalue weighted by Crippen LogP contribution is 2.24. The summed E-state index contributed by atoms with van der Waals surface area (Å²) in [6, 6.07) is 14.1. The van der Waals surface area contributed by atoms with Gasteiger partial charge in [0.15, 0.2) is 0 Å². The van der Waals surface area contributed by atoms with Gasteiger partial charge in [-0.15, -0.1) is 0 Å². The first-order chi connectivity index (χ1) is 13.0. The molecule has 1 saturated heterocycles. The largest absolute Gasteiger partial charge is 0.494 e. The zero-order valence-corrected chi connectivity index (χ0v) is 15.8. The monoisotopic (exact) mass is 387 g/mol. The van der Waals surface area contributed by atoms with Crippen molar-refractivity contribution in [2.45, 2.75) is 25.9 Å². The zero-order chi connectivity index (χ0) is 19.2. The number of rotatable bonds is 6. The van der Waals surface area contributed by atoms with Crippen molar-refractivity contribution in [1.29, 1.82) is 0 Å². The van der Waals surface area contributed by atoms with Crippen LogP contribution in [-0.2, 0) is 11.3 Å². The Labute approximate surface area is 163 Å². The lowest BCUT2D eigenvalue weighted by molar-refractivity contribution is -0.117. The lowest BCUT2D eigenvalue weighted by atomic mass is 10.2. The summed E-state index contributed by atoms with van der Waals surface area (Å²) in [4.78, 5) is 26.1. The highest BCUT2D eigenvalue weighted by atomic mass is 35.5. The van der Waals surface area contributed by atoms with Crippen molar-refractivity contribution in [2.75, 3.05) is 18.1 Å². The molecular weight excluding hydrogens is 366 g/mol. The number of nitrogens with zero attached hydrogens (tertiary/aromatic N) is 1. The SMILES string of the molecule is CCOc1ccc(N2CC(NC(=O)NCc3ccc(Cl)cc3)CC2=O)cc1. The molecule has 3 rings (SSSR count). The standard InChI is InChI=1S/C20H22ClN3O3/c1-2-27-18-9-7-17(8-10-18)24-13-16(11-19(24)25)23-20(26)22-12-14-3-5-15(21)6-4-14/h3-10,16H,2,11-13H2,1H3,(H2,22,23,26). The van der Waals surface area contributed by atoms with Gasteiger partial charge in [-0.05, 0) is 48.9 Å². The van der Waals surface area contributed by atoms with Crippen LogP contribution in [0.2, 0.25) is 5.02 Å². The van der Waals surface area contributed by atoms with Gasteiger partial charge < -0.3 is 20.3 Å². The van der Waals surface area contributed by atoms with E-state index in [9.17, 15) is 9.59 Å². The van der Waals surface area contributed by atoms with Crippen LogP contribution in [0.5, 0.6) is 5.75 Å². The van der Waals surface area contributed by atoms with Crippen LogP contribution in [0.4, 0.5) is 10.5 Å². The third kappa shape index (κ3) is 5.14. The number of ether oxygens (including phenoxy) is 1. The Morgan fingerprint density at radius 1 is 1.19 bits per heavy atom. The summed E-state index contributed by atoms with van der Waals surface area (Å²) in [5.41, 5.74) is 1.75. The van der Waals surface area contributed by atoms with E-state index in [4.69, 9.17) is 16.3 Å². The van der Waals surface area contributed by atoms with Crippen LogP contribution >= 0.6 is 11.6 Å². The summed E-state index contributed by atoms with van der Waals surface area (Å²) in [6.45, 7) is 3.36. The highest BCUT2D eigenvalue weighted by molar-refractivity contribution is 6.30. The van der Waals surface area contributed by atoms with Crippen LogP contribution in [0.1, 0.15) is 18.9 Å². The number of urea groups is 1. The Morgan fingerprint density at radius 3 is 2.56 bits per heavy atom. The smallest absolute Gasteiger partial charge is 0.315 e. The van der Waals surface area contributed by atoms with Gasteiger partial charge in [0.1, 0.15) is 5.75 Å². The maximum atomic E-state index is 12.3. The predicted molar refractivity (Wildman–Crippen MR) is 105 cm³/mol. The number of carbonyl (C=O) groups is 2. The molecule has 0 bridgehead atoms. The maximum absolute atomic E-state index is 12.3. The van der Waals surface area contributed by atoms with Gasteiger partial charge in [-0.3, -0.25) is 4.79 Å². The third-order valence-electron chi connectivity index (χ3n) is 4.29. The molecule has 1 heterocycles. The number of carbonyl (C=O) groups excluding carboxylic acids is 2. The first-order valence-corrected chi connectivity index (χ1v) is 9.25. The van der Waals surface area contributed by atoms with Crippen LogP contribution in [0, 0.1) is 0 Å². The summed E-state index contributed by atoms with van der Waals surface area (Å²) >= 11 is 5.85. The molecule has 7 heteroatoms. The molecule has 0 spiro atoms. The van der Waals surface area contributed by atoms with Crippen molar-refractivity contribution in [2.24, 2.45) is 0 Å². The van der Waals surface area contributed by atoms with Gasteiger partial charge >= 0.3 is 6.03 Å². The normalized spacial score (nSPS) is 16.3. The first-order valence-electron chi connectivity index (χ1n) is 8.87. The topological polar surface area (TPSA) is 70.7 Å². The summed E-state index contributed by atoms with van der Waals surface area (Å²) in [5, 5.41) is 6.31. The Hall–Kier alpha value is -2.73. The Kier molecular flexibility index (Phi) is 6.19. The number of nitrogens with one attached hydrogen (secondary N) is 2. The minimum absolute atomic E-state index is 0.0119. The Bertz CT molecular complexity index is 793. The van der Waals surface area contributed by atoms with Crippen molar-refractivity contribution in [1.82, 2.24) is 10.6 Å². The van der Waals surface area contributed by atoms with E-state index in [2.05, 4.69) is 10.6 Å². The molecule has 27 heavy (non-hydrogen) atoms. The molecule has 6 nitrogen and oxygen atoms in total. The molecule has 2 aromatic rings. The lowest BCUT2D eigenvalue weighted by Crippen LogP contribution is -2.43.